The van der Waals surface area contributed by atoms with Crippen LogP contribution in [0.5, 0.6) is 5.75 Å². The number of hydrogen-bond donors (Lipinski definition) is 0. The third kappa shape index (κ3) is 3.85. The Morgan fingerprint density at radius 1 is 0.840 bits per heavy atom. The summed E-state index contributed by atoms with van der Waals surface area (Å²) in [6.07, 6.45) is -0.345. The third-order valence-corrected chi connectivity index (χ3v) is 3.65. The predicted octanol–water partition coefficient (Wildman–Crippen LogP) is 5.09. The second-order valence-electron chi connectivity index (χ2n) is 5.32. The zero-order valence-electron chi connectivity index (χ0n) is 13.5. The summed E-state index contributed by atoms with van der Waals surface area (Å²) in [7, 11) is 0. The Bertz CT molecular complexity index is 847. The van der Waals surface area contributed by atoms with Gasteiger partial charge in [0.15, 0.2) is 0 Å². The van der Waals surface area contributed by atoms with Gasteiger partial charge in [-0.15, -0.1) is 0 Å². The molecule has 25 heavy (non-hydrogen) atoms. The topological polar surface area (TPSA) is 53.3 Å². The minimum atomic E-state index is -0.525. The molecule has 122 valence electrons. The van der Waals surface area contributed by atoms with E-state index >= 15 is 0 Å². The van der Waals surface area contributed by atoms with E-state index < -0.39 is 6.09 Å². The Balaban J connectivity index is 1.95. The van der Waals surface area contributed by atoms with Gasteiger partial charge in [-0.25, -0.2) is 9.69 Å². The van der Waals surface area contributed by atoms with Gasteiger partial charge in [-0.3, -0.25) is 0 Å². The van der Waals surface area contributed by atoms with Crippen molar-refractivity contribution in [1.29, 1.82) is 5.26 Å². The van der Waals surface area contributed by atoms with Crippen molar-refractivity contribution in [2.45, 2.75) is 6.42 Å². The molecule has 0 N–H and O–H groups in total. The number of carbonyl (C=O) groups is 1. The Morgan fingerprint density at radius 2 is 1.36 bits per heavy atom. The average Bonchev–Trinajstić information content (AvgIpc) is 2.65. The third-order valence-electron chi connectivity index (χ3n) is 3.65. The summed E-state index contributed by atoms with van der Waals surface area (Å²) < 4.78 is 5.60. The first-order valence-electron chi connectivity index (χ1n) is 7.86. The first kappa shape index (κ1) is 16.3. The maximum atomic E-state index is 12.9. The summed E-state index contributed by atoms with van der Waals surface area (Å²) in [5, 5.41) is 8.94. The van der Waals surface area contributed by atoms with Crippen LogP contribution < -0.4 is 9.64 Å². The first-order chi connectivity index (χ1) is 12.3. The lowest BCUT2D eigenvalue weighted by molar-refractivity contribution is 0.210. The van der Waals surface area contributed by atoms with Crippen molar-refractivity contribution in [2.24, 2.45) is 0 Å². The van der Waals surface area contributed by atoms with Crippen molar-refractivity contribution in [3.05, 3.63) is 90.5 Å². The molecule has 0 aliphatic heterocycles. The van der Waals surface area contributed by atoms with E-state index in [1.54, 1.807) is 18.2 Å². The number of amides is 1. The molecule has 0 atom stereocenters. The van der Waals surface area contributed by atoms with E-state index in [2.05, 4.69) is 6.07 Å². The van der Waals surface area contributed by atoms with Gasteiger partial charge in [-0.05, 0) is 30.3 Å². The number of benzene rings is 3. The minimum absolute atomic E-state index is 0.181. The molecule has 0 bridgehead atoms. The Hall–Kier alpha value is -3.58. The molecule has 4 heteroatoms. The van der Waals surface area contributed by atoms with Crippen LogP contribution >= 0.6 is 0 Å². The summed E-state index contributed by atoms with van der Waals surface area (Å²) in [5.74, 6) is 0.394. The molecule has 0 aromatic heterocycles. The number of carbonyl (C=O) groups excluding carboxylic acids is 1. The number of ether oxygens (including phenoxy) is 1. The van der Waals surface area contributed by atoms with Gasteiger partial charge in [0.25, 0.3) is 0 Å². The largest absolute Gasteiger partial charge is 0.424 e. The van der Waals surface area contributed by atoms with E-state index in [1.807, 2.05) is 66.7 Å². The van der Waals surface area contributed by atoms with Crippen molar-refractivity contribution < 1.29 is 9.53 Å². The molecule has 3 aromatic carbocycles. The highest BCUT2D eigenvalue weighted by atomic mass is 16.6. The maximum Gasteiger partial charge on any atom is 0.424 e. The van der Waals surface area contributed by atoms with E-state index in [1.165, 1.54) is 4.90 Å². The normalized spacial score (nSPS) is 9.88. The van der Waals surface area contributed by atoms with Crippen molar-refractivity contribution >= 4 is 17.5 Å². The maximum absolute atomic E-state index is 12.9. The standard InChI is InChI=1S/C21H16N2O2/c22-16-15-17-9-7-8-14-20(17)25-21(24)23(18-10-3-1-4-11-18)19-12-5-2-6-13-19/h1-14H,15H2. The number of anilines is 2. The van der Waals surface area contributed by atoms with Crippen LogP contribution in [0.3, 0.4) is 0 Å². The molecular weight excluding hydrogens is 312 g/mol. The van der Waals surface area contributed by atoms with E-state index in [4.69, 9.17) is 10.00 Å². The number of rotatable bonds is 4. The lowest BCUT2D eigenvalue weighted by atomic mass is 10.1. The monoisotopic (exact) mass is 328 g/mol. The number of hydrogen-bond acceptors (Lipinski definition) is 3. The molecule has 1 amide bonds. The predicted molar refractivity (Wildman–Crippen MR) is 96.8 cm³/mol. The van der Waals surface area contributed by atoms with Crippen LogP contribution in [0.15, 0.2) is 84.9 Å². The summed E-state index contributed by atoms with van der Waals surface area (Å²) in [6.45, 7) is 0. The molecule has 0 radical (unpaired) electrons. The second kappa shape index (κ2) is 7.80. The highest BCUT2D eigenvalue weighted by Gasteiger charge is 2.21. The highest BCUT2D eigenvalue weighted by molar-refractivity contribution is 5.97. The van der Waals surface area contributed by atoms with Crippen LogP contribution in [0.25, 0.3) is 0 Å². The Morgan fingerprint density at radius 3 is 1.92 bits per heavy atom. The SMILES string of the molecule is N#CCc1ccccc1OC(=O)N(c1ccccc1)c1ccccc1. The molecule has 0 unspecified atom stereocenters. The fourth-order valence-corrected chi connectivity index (χ4v) is 2.49. The van der Waals surface area contributed by atoms with Crippen LogP contribution in [0.1, 0.15) is 5.56 Å². The first-order valence-corrected chi connectivity index (χ1v) is 7.86. The molecular formula is C21H16N2O2. The molecule has 0 fully saturated rings. The molecule has 0 saturated heterocycles. The van der Waals surface area contributed by atoms with Crippen LogP contribution in [0.4, 0.5) is 16.2 Å². The lowest BCUT2D eigenvalue weighted by Gasteiger charge is -2.22. The zero-order valence-corrected chi connectivity index (χ0v) is 13.5. The zero-order chi connectivity index (χ0) is 17.5. The van der Waals surface area contributed by atoms with Gasteiger partial charge in [-0.1, -0.05) is 54.6 Å². The second-order valence-corrected chi connectivity index (χ2v) is 5.32. The van der Waals surface area contributed by atoms with Crippen LogP contribution in [-0.2, 0) is 6.42 Å². The van der Waals surface area contributed by atoms with Crippen molar-refractivity contribution in [3.63, 3.8) is 0 Å². The van der Waals surface area contributed by atoms with Crippen LogP contribution in [-0.4, -0.2) is 6.09 Å². The van der Waals surface area contributed by atoms with Gasteiger partial charge in [0, 0.05) is 5.56 Å². The Labute approximate surface area is 146 Å². The number of nitriles is 1. The lowest BCUT2D eigenvalue weighted by Crippen LogP contribution is -2.29. The molecule has 3 rings (SSSR count). The van der Waals surface area contributed by atoms with Gasteiger partial charge >= 0.3 is 6.09 Å². The molecule has 0 spiro atoms. The van der Waals surface area contributed by atoms with Crippen LogP contribution in [0.2, 0.25) is 0 Å². The van der Waals surface area contributed by atoms with Gasteiger partial charge < -0.3 is 4.74 Å². The van der Waals surface area contributed by atoms with E-state index in [-0.39, 0.29) is 6.42 Å². The Kier molecular flexibility index (Phi) is 5.08. The van der Waals surface area contributed by atoms with Gasteiger partial charge in [0.05, 0.1) is 23.9 Å². The van der Waals surface area contributed by atoms with Crippen molar-refractivity contribution in [1.82, 2.24) is 0 Å². The number of para-hydroxylation sites is 3. The van der Waals surface area contributed by atoms with E-state index in [0.29, 0.717) is 22.7 Å². The fraction of sp³-hybridized carbons (Fsp3) is 0.0476. The molecule has 4 nitrogen and oxygen atoms in total. The molecule has 0 aliphatic carbocycles. The van der Waals surface area contributed by atoms with Gasteiger partial charge in [-0.2, -0.15) is 5.26 Å². The molecule has 0 aliphatic rings. The molecule has 3 aromatic rings. The molecule has 0 heterocycles. The average molecular weight is 328 g/mol. The van der Waals surface area contributed by atoms with Gasteiger partial charge in [0.1, 0.15) is 5.75 Å². The van der Waals surface area contributed by atoms with E-state index in [9.17, 15) is 4.79 Å². The van der Waals surface area contributed by atoms with Crippen molar-refractivity contribution in [2.75, 3.05) is 4.90 Å². The summed E-state index contributed by atoms with van der Waals surface area (Å²) in [4.78, 5) is 14.4. The fourth-order valence-electron chi connectivity index (χ4n) is 2.49. The highest BCUT2D eigenvalue weighted by Crippen LogP contribution is 2.27. The minimum Gasteiger partial charge on any atom is -0.409 e. The number of nitrogens with zero attached hydrogens (tertiary/aromatic N) is 2. The van der Waals surface area contributed by atoms with Gasteiger partial charge in [0.2, 0.25) is 0 Å². The van der Waals surface area contributed by atoms with Crippen LogP contribution in [0, 0.1) is 11.3 Å². The summed E-state index contributed by atoms with van der Waals surface area (Å²) in [5.41, 5.74) is 2.09. The smallest absolute Gasteiger partial charge is 0.409 e. The summed E-state index contributed by atoms with van der Waals surface area (Å²) in [6, 6.07) is 27.8. The quantitative estimate of drug-likeness (QED) is 0.670. The van der Waals surface area contributed by atoms with E-state index in [0.717, 1.165) is 0 Å². The summed E-state index contributed by atoms with van der Waals surface area (Å²) >= 11 is 0. The molecule has 0 saturated carbocycles. The van der Waals surface area contributed by atoms with Crippen molar-refractivity contribution in [3.8, 4) is 11.8 Å².